The summed E-state index contributed by atoms with van der Waals surface area (Å²) < 4.78 is 20.7. The van der Waals surface area contributed by atoms with Crippen molar-refractivity contribution in [3.8, 4) is 17.0 Å². The number of ether oxygens (including phenoxy) is 1. The molecule has 0 saturated carbocycles. The van der Waals surface area contributed by atoms with E-state index in [9.17, 15) is 4.39 Å². The van der Waals surface area contributed by atoms with E-state index in [1.54, 1.807) is 24.4 Å². The van der Waals surface area contributed by atoms with E-state index < -0.39 is 5.82 Å². The van der Waals surface area contributed by atoms with Gasteiger partial charge >= 0.3 is 0 Å². The van der Waals surface area contributed by atoms with Crippen LogP contribution in [0, 0.1) is 5.82 Å². The van der Waals surface area contributed by atoms with Gasteiger partial charge in [-0.2, -0.15) is 5.10 Å². The second kappa shape index (κ2) is 5.98. The fourth-order valence-electron chi connectivity index (χ4n) is 2.77. The molecule has 0 saturated heterocycles. The summed E-state index contributed by atoms with van der Waals surface area (Å²) in [6.07, 6.45) is 5.38. The first-order valence-electron chi connectivity index (χ1n) is 7.76. The third kappa shape index (κ3) is 2.71. The molecule has 0 bridgehead atoms. The molecule has 4 rings (SSSR count). The average Bonchev–Trinajstić information content (AvgIpc) is 3.00. The molecule has 0 radical (unpaired) electrons. The lowest BCUT2D eigenvalue weighted by atomic mass is 10.1. The maximum Gasteiger partial charge on any atom is 0.165 e. The number of rotatable bonds is 4. The van der Waals surface area contributed by atoms with E-state index >= 15 is 0 Å². The SMILES string of the molecule is C=CCn1cc2cc3ncc(-c4ccc(OC)c(F)c4)nc3cc2n1. The Hall–Kier alpha value is -3.28. The van der Waals surface area contributed by atoms with Gasteiger partial charge < -0.3 is 4.74 Å². The molecule has 2 heterocycles. The van der Waals surface area contributed by atoms with Crippen molar-refractivity contribution in [2.45, 2.75) is 6.54 Å². The Bertz CT molecular complexity index is 1100. The Morgan fingerprint density at radius 1 is 1.20 bits per heavy atom. The van der Waals surface area contributed by atoms with Gasteiger partial charge in [-0.1, -0.05) is 6.08 Å². The molecule has 0 spiro atoms. The lowest BCUT2D eigenvalue weighted by Crippen LogP contribution is -1.93. The normalized spacial score (nSPS) is 11.1. The van der Waals surface area contributed by atoms with E-state index in [4.69, 9.17) is 4.74 Å². The number of nitrogens with zero attached hydrogens (tertiary/aromatic N) is 4. The van der Waals surface area contributed by atoms with Gasteiger partial charge in [-0.3, -0.25) is 9.67 Å². The van der Waals surface area contributed by atoms with Crippen molar-refractivity contribution in [1.29, 1.82) is 0 Å². The molecule has 4 aromatic rings. The highest BCUT2D eigenvalue weighted by Gasteiger charge is 2.09. The van der Waals surface area contributed by atoms with E-state index in [1.807, 2.05) is 23.0 Å². The van der Waals surface area contributed by atoms with E-state index in [1.165, 1.54) is 13.2 Å². The van der Waals surface area contributed by atoms with Gasteiger partial charge in [0.15, 0.2) is 11.6 Å². The summed E-state index contributed by atoms with van der Waals surface area (Å²) >= 11 is 0. The summed E-state index contributed by atoms with van der Waals surface area (Å²) in [5, 5.41) is 5.49. The highest BCUT2D eigenvalue weighted by Crippen LogP contribution is 2.26. The highest BCUT2D eigenvalue weighted by molar-refractivity contribution is 5.93. The molecule has 0 fully saturated rings. The molecule has 6 heteroatoms. The van der Waals surface area contributed by atoms with Gasteiger partial charge in [0.25, 0.3) is 0 Å². The van der Waals surface area contributed by atoms with E-state index in [0.29, 0.717) is 23.3 Å². The predicted molar refractivity (Wildman–Crippen MR) is 95.0 cm³/mol. The number of methoxy groups -OCH3 is 1. The summed E-state index contributed by atoms with van der Waals surface area (Å²) in [5.41, 5.74) is 3.55. The molecule has 0 atom stereocenters. The Kier molecular flexibility index (Phi) is 3.65. The van der Waals surface area contributed by atoms with Crippen LogP contribution in [0.15, 0.2) is 55.4 Å². The fourth-order valence-corrected chi connectivity index (χ4v) is 2.77. The van der Waals surface area contributed by atoms with E-state index in [0.717, 1.165) is 16.4 Å². The molecule has 0 unspecified atom stereocenters. The van der Waals surface area contributed by atoms with Crippen molar-refractivity contribution in [3.63, 3.8) is 0 Å². The molecule has 5 nitrogen and oxygen atoms in total. The molecule has 25 heavy (non-hydrogen) atoms. The summed E-state index contributed by atoms with van der Waals surface area (Å²) in [6.45, 7) is 4.36. The maximum absolute atomic E-state index is 13.9. The number of aromatic nitrogens is 4. The van der Waals surface area contributed by atoms with Gasteiger partial charge in [0.05, 0.1) is 42.1 Å². The smallest absolute Gasteiger partial charge is 0.165 e. The number of hydrogen-bond donors (Lipinski definition) is 0. The summed E-state index contributed by atoms with van der Waals surface area (Å²) in [7, 11) is 1.44. The minimum atomic E-state index is -0.430. The Balaban J connectivity index is 1.82. The zero-order valence-corrected chi connectivity index (χ0v) is 13.6. The third-order valence-electron chi connectivity index (χ3n) is 3.98. The molecule has 0 N–H and O–H groups in total. The van der Waals surface area contributed by atoms with E-state index in [2.05, 4.69) is 21.6 Å². The monoisotopic (exact) mass is 334 g/mol. The van der Waals surface area contributed by atoms with Gasteiger partial charge in [0.2, 0.25) is 0 Å². The van der Waals surface area contributed by atoms with Crippen LogP contribution in [0.4, 0.5) is 4.39 Å². The third-order valence-corrected chi connectivity index (χ3v) is 3.98. The Morgan fingerprint density at radius 3 is 2.84 bits per heavy atom. The number of fused-ring (bicyclic) bond motifs is 2. The summed E-state index contributed by atoms with van der Waals surface area (Å²) in [4.78, 5) is 9.07. The van der Waals surface area contributed by atoms with Crippen LogP contribution in [-0.4, -0.2) is 26.9 Å². The summed E-state index contributed by atoms with van der Waals surface area (Å²) in [6, 6.07) is 8.57. The van der Waals surface area contributed by atoms with Crippen LogP contribution in [0.2, 0.25) is 0 Å². The molecular weight excluding hydrogens is 319 g/mol. The summed E-state index contributed by atoms with van der Waals surface area (Å²) in [5.74, 6) is -0.229. The zero-order valence-electron chi connectivity index (χ0n) is 13.6. The molecule has 124 valence electrons. The first-order chi connectivity index (χ1) is 12.2. The Morgan fingerprint density at radius 2 is 2.08 bits per heavy atom. The van der Waals surface area contributed by atoms with E-state index in [-0.39, 0.29) is 5.75 Å². The fraction of sp³-hybridized carbons (Fsp3) is 0.105. The van der Waals surface area contributed by atoms with Gasteiger partial charge in [0.1, 0.15) is 0 Å². The topological polar surface area (TPSA) is 52.8 Å². The molecular formula is C19H15FN4O. The molecule has 0 amide bonds. The van der Waals surface area contributed by atoms with Crippen molar-refractivity contribution < 1.29 is 9.13 Å². The zero-order chi connectivity index (χ0) is 17.4. The van der Waals surface area contributed by atoms with Crippen LogP contribution >= 0.6 is 0 Å². The van der Waals surface area contributed by atoms with Crippen LogP contribution < -0.4 is 4.74 Å². The van der Waals surface area contributed by atoms with Crippen molar-refractivity contribution in [3.05, 3.63) is 61.2 Å². The first-order valence-corrected chi connectivity index (χ1v) is 7.76. The number of halogens is 1. The lowest BCUT2D eigenvalue weighted by molar-refractivity contribution is 0.386. The minimum Gasteiger partial charge on any atom is -0.494 e. The lowest BCUT2D eigenvalue weighted by Gasteiger charge is -2.05. The maximum atomic E-state index is 13.9. The molecule has 0 aliphatic rings. The van der Waals surface area contributed by atoms with Crippen molar-refractivity contribution in [1.82, 2.24) is 19.7 Å². The van der Waals surface area contributed by atoms with Crippen LogP contribution in [0.25, 0.3) is 33.2 Å². The molecule has 2 aromatic heterocycles. The molecule has 0 aliphatic carbocycles. The van der Waals surface area contributed by atoms with Gasteiger partial charge in [-0.05, 0) is 30.3 Å². The predicted octanol–water partition coefficient (Wildman–Crippen LogP) is 3.98. The van der Waals surface area contributed by atoms with Crippen molar-refractivity contribution in [2.75, 3.05) is 7.11 Å². The van der Waals surface area contributed by atoms with Crippen molar-refractivity contribution >= 4 is 21.9 Å². The van der Waals surface area contributed by atoms with Gasteiger partial charge in [-0.25, -0.2) is 9.37 Å². The van der Waals surface area contributed by atoms with Crippen molar-refractivity contribution in [2.24, 2.45) is 0 Å². The quantitative estimate of drug-likeness (QED) is 0.530. The largest absolute Gasteiger partial charge is 0.494 e. The Labute approximate surface area is 143 Å². The number of hydrogen-bond acceptors (Lipinski definition) is 4. The molecule has 0 aliphatic heterocycles. The van der Waals surface area contributed by atoms with Gasteiger partial charge in [-0.15, -0.1) is 6.58 Å². The number of allylic oxidation sites excluding steroid dienone is 1. The van der Waals surface area contributed by atoms with Gasteiger partial charge in [0, 0.05) is 17.1 Å². The first kappa shape index (κ1) is 15.3. The van der Waals surface area contributed by atoms with Crippen LogP contribution in [0.5, 0.6) is 5.75 Å². The second-order valence-corrected chi connectivity index (χ2v) is 5.64. The standard InChI is InChI=1S/C19H15FN4O/c1-3-6-24-11-13-8-16-17(9-15(13)23-24)22-18(10-21-16)12-4-5-19(25-2)14(20)7-12/h3-5,7-11H,1,6H2,2H3. The van der Waals surface area contributed by atoms with Crippen LogP contribution in [-0.2, 0) is 6.54 Å². The highest BCUT2D eigenvalue weighted by atomic mass is 19.1. The minimum absolute atomic E-state index is 0.201. The second-order valence-electron chi connectivity index (χ2n) is 5.64. The van der Waals surface area contributed by atoms with Crippen LogP contribution in [0.3, 0.4) is 0 Å². The van der Waals surface area contributed by atoms with Crippen LogP contribution in [0.1, 0.15) is 0 Å². The average molecular weight is 334 g/mol. The number of benzene rings is 2. The molecule has 2 aromatic carbocycles.